The monoisotopic (exact) mass is 310 g/mol. The number of rotatable bonds is 4. The van der Waals surface area contributed by atoms with Gasteiger partial charge in [-0.2, -0.15) is 5.10 Å². The van der Waals surface area contributed by atoms with Crippen molar-refractivity contribution in [3.05, 3.63) is 54.1 Å². The summed E-state index contributed by atoms with van der Waals surface area (Å²) in [6.45, 7) is -0.180. The Morgan fingerprint density at radius 2 is 1.91 bits per heavy atom. The third kappa shape index (κ3) is 3.29. The summed E-state index contributed by atoms with van der Waals surface area (Å²) in [6, 6.07) is 13.3. The van der Waals surface area contributed by atoms with Crippen LogP contribution in [0, 0.1) is 0 Å². The van der Waals surface area contributed by atoms with Gasteiger partial charge in [0.25, 0.3) is 5.91 Å². The van der Waals surface area contributed by atoms with Crippen molar-refractivity contribution in [1.29, 1.82) is 0 Å². The Morgan fingerprint density at radius 1 is 1.13 bits per heavy atom. The zero-order chi connectivity index (χ0) is 16.2. The molecule has 0 aliphatic rings. The molecule has 7 heteroatoms. The SMILES string of the molecule is O=C(CNC(=O)c1ccccc1)Nc1n[nH]c2ccc(O)cc12. The number of phenolic OH excluding ortho intramolecular Hbond substituents is 1. The molecule has 0 saturated carbocycles. The van der Waals surface area contributed by atoms with Crippen molar-refractivity contribution in [3.63, 3.8) is 0 Å². The van der Waals surface area contributed by atoms with Crippen LogP contribution < -0.4 is 10.6 Å². The molecule has 3 aromatic rings. The average molecular weight is 310 g/mol. The van der Waals surface area contributed by atoms with Gasteiger partial charge in [0.15, 0.2) is 5.82 Å². The summed E-state index contributed by atoms with van der Waals surface area (Å²) in [7, 11) is 0. The van der Waals surface area contributed by atoms with E-state index in [1.807, 2.05) is 6.07 Å². The number of aromatic hydroxyl groups is 1. The molecule has 4 N–H and O–H groups in total. The van der Waals surface area contributed by atoms with Crippen molar-refractivity contribution in [2.45, 2.75) is 0 Å². The number of H-pyrrole nitrogens is 1. The normalized spacial score (nSPS) is 10.4. The first kappa shape index (κ1) is 14.6. The van der Waals surface area contributed by atoms with Crippen molar-refractivity contribution >= 4 is 28.5 Å². The fraction of sp³-hybridized carbons (Fsp3) is 0.0625. The Labute approximate surface area is 131 Å². The van der Waals surface area contributed by atoms with E-state index >= 15 is 0 Å². The minimum atomic E-state index is -0.411. The number of hydrogen-bond donors (Lipinski definition) is 4. The van der Waals surface area contributed by atoms with Gasteiger partial charge >= 0.3 is 0 Å². The minimum absolute atomic E-state index is 0.0757. The molecule has 1 aromatic heterocycles. The molecule has 23 heavy (non-hydrogen) atoms. The van der Waals surface area contributed by atoms with Gasteiger partial charge in [-0.1, -0.05) is 18.2 Å². The Morgan fingerprint density at radius 3 is 2.70 bits per heavy atom. The quantitative estimate of drug-likeness (QED) is 0.587. The van der Waals surface area contributed by atoms with Crippen LogP contribution in [0.5, 0.6) is 5.75 Å². The van der Waals surface area contributed by atoms with E-state index in [1.54, 1.807) is 30.3 Å². The first-order chi connectivity index (χ1) is 11.1. The molecule has 7 nitrogen and oxygen atoms in total. The predicted molar refractivity (Wildman–Crippen MR) is 85.2 cm³/mol. The number of nitrogens with one attached hydrogen (secondary N) is 3. The lowest BCUT2D eigenvalue weighted by molar-refractivity contribution is -0.115. The molecule has 0 fully saturated rings. The highest BCUT2D eigenvalue weighted by molar-refractivity contribution is 6.03. The molecule has 116 valence electrons. The van der Waals surface area contributed by atoms with Crippen molar-refractivity contribution in [1.82, 2.24) is 15.5 Å². The Hall–Kier alpha value is -3.35. The van der Waals surface area contributed by atoms with Crippen LogP contribution in [-0.4, -0.2) is 33.7 Å². The number of hydrogen-bond acceptors (Lipinski definition) is 4. The van der Waals surface area contributed by atoms with Crippen LogP contribution in [0.25, 0.3) is 10.9 Å². The summed E-state index contributed by atoms with van der Waals surface area (Å²) in [5.74, 6) is -0.363. The molecule has 2 aromatic carbocycles. The number of anilines is 1. The lowest BCUT2D eigenvalue weighted by Crippen LogP contribution is -2.32. The third-order valence-electron chi connectivity index (χ3n) is 3.25. The van der Waals surface area contributed by atoms with Crippen molar-refractivity contribution in [2.75, 3.05) is 11.9 Å². The molecule has 0 bridgehead atoms. The third-order valence-corrected chi connectivity index (χ3v) is 3.25. The molecule has 0 atom stereocenters. The Balaban J connectivity index is 1.63. The van der Waals surface area contributed by atoms with E-state index in [2.05, 4.69) is 20.8 Å². The van der Waals surface area contributed by atoms with Crippen LogP contribution in [-0.2, 0) is 4.79 Å². The van der Waals surface area contributed by atoms with Gasteiger partial charge in [0.05, 0.1) is 12.1 Å². The second-order valence-corrected chi connectivity index (χ2v) is 4.90. The highest BCUT2D eigenvalue weighted by Crippen LogP contribution is 2.24. The maximum Gasteiger partial charge on any atom is 0.251 e. The molecule has 0 unspecified atom stereocenters. The van der Waals surface area contributed by atoms with Gasteiger partial charge in [0.2, 0.25) is 5.91 Å². The molecular weight excluding hydrogens is 296 g/mol. The Bertz CT molecular complexity index is 858. The number of fused-ring (bicyclic) bond motifs is 1. The van der Waals surface area contributed by atoms with E-state index in [9.17, 15) is 14.7 Å². The number of aromatic nitrogens is 2. The zero-order valence-corrected chi connectivity index (χ0v) is 12.0. The van der Waals surface area contributed by atoms with E-state index in [4.69, 9.17) is 0 Å². The summed E-state index contributed by atoms with van der Waals surface area (Å²) in [6.07, 6.45) is 0. The molecule has 0 spiro atoms. The average Bonchev–Trinajstić information content (AvgIpc) is 2.95. The van der Waals surface area contributed by atoms with Crippen LogP contribution in [0.15, 0.2) is 48.5 Å². The number of aromatic amines is 1. The molecule has 2 amide bonds. The van der Waals surface area contributed by atoms with Crippen LogP contribution in [0.4, 0.5) is 5.82 Å². The lowest BCUT2D eigenvalue weighted by Gasteiger charge is -2.05. The van der Waals surface area contributed by atoms with Gasteiger partial charge in [-0.05, 0) is 30.3 Å². The number of carbonyl (C=O) groups is 2. The van der Waals surface area contributed by atoms with Crippen LogP contribution in [0.3, 0.4) is 0 Å². The summed E-state index contributed by atoms with van der Waals surface area (Å²) >= 11 is 0. The van der Waals surface area contributed by atoms with E-state index < -0.39 is 5.91 Å². The zero-order valence-electron chi connectivity index (χ0n) is 12.0. The molecule has 3 rings (SSSR count). The number of nitrogens with zero attached hydrogens (tertiary/aromatic N) is 1. The van der Waals surface area contributed by atoms with Gasteiger partial charge < -0.3 is 15.7 Å². The smallest absolute Gasteiger partial charge is 0.251 e. The number of phenols is 1. The maximum absolute atomic E-state index is 11.9. The lowest BCUT2D eigenvalue weighted by atomic mass is 10.2. The fourth-order valence-electron chi connectivity index (χ4n) is 2.13. The van der Waals surface area contributed by atoms with Gasteiger partial charge in [0, 0.05) is 10.9 Å². The first-order valence-electron chi connectivity index (χ1n) is 6.93. The largest absolute Gasteiger partial charge is 0.508 e. The van der Waals surface area contributed by atoms with Crippen molar-refractivity contribution < 1.29 is 14.7 Å². The fourth-order valence-corrected chi connectivity index (χ4v) is 2.13. The summed E-state index contributed by atoms with van der Waals surface area (Å²) in [5.41, 5.74) is 1.17. The second kappa shape index (κ2) is 6.18. The predicted octanol–water partition coefficient (Wildman–Crippen LogP) is 1.64. The van der Waals surface area contributed by atoms with Crippen LogP contribution >= 0.6 is 0 Å². The van der Waals surface area contributed by atoms with Gasteiger partial charge in [-0.3, -0.25) is 14.7 Å². The first-order valence-corrected chi connectivity index (χ1v) is 6.93. The maximum atomic E-state index is 11.9. The molecule has 0 aliphatic heterocycles. The van der Waals surface area contributed by atoms with E-state index in [0.717, 1.165) is 0 Å². The Kier molecular flexibility index (Phi) is 3.92. The number of amides is 2. The number of carbonyl (C=O) groups excluding carboxylic acids is 2. The highest BCUT2D eigenvalue weighted by atomic mass is 16.3. The number of benzene rings is 2. The van der Waals surface area contributed by atoms with Crippen LogP contribution in [0.1, 0.15) is 10.4 Å². The van der Waals surface area contributed by atoms with E-state index in [0.29, 0.717) is 22.3 Å². The molecule has 1 heterocycles. The standard InChI is InChI=1S/C16H14N4O3/c21-11-6-7-13-12(8-11)15(20-19-13)18-14(22)9-17-16(23)10-4-2-1-3-5-10/h1-8,21H,9H2,(H,17,23)(H2,18,19,20,22). The van der Waals surface area contributed by atoms with Crippen molar-refractivity contribution in [2.24, 2.45) is 0 Å². The highest BCUT2D eigenvalue weighted by Gasteiger charge is 2.11. The molecule has 0 saturated heterocycles. The van der Waals surface area contributed by atoms with Gasteiger partial charge in [-0.15, -0.1) is 0 Å². The molecular formula is C16H14N4O3. The van der Waals surface area contributed by atoms with Crippen LogP contribution in [0.2, 0.25) is 0 Å². The topological polar surface area (TPSA) is 107 Å². The molecule has 0 radical (unpaired) electrons. The summed E-state index contributed by atoms with van der Waals surface area (Å²) in [5, 5.41) is 21.9. The summed E-state index contributed by atoms with van der Waals surface area (Å²) < 4.78 is 0. The van der Waals surface area contributed by atoms with Crippen molar-refractivity contribution in [3.8, 4) is 5.75 Å². The second-order valence-electron chi connectivity index (χ2n) is 4.90. The van der Waals surface area contributed by atoms with E-state index in [-0.39, 0.29) is 18.2 Å². The van der Waals surface area contributed by atoms with Gasteiger partial charge in [-0.25, -0.2) is 0 Å². The summed E-state index contributed by atoms with van der Waals surface area (Å²) in [4.78, 5) is 23.8. The molecule has 0 aliphatic carbocycles. The van der Waals surface area contributed by atoms with Gasteiger partial charge in [0.1, 0.15) is 5.75 Å². The minimum Gasteiger partial charge on any atom is -0.508 e. The van der Waals surface area contributed by atoms with E-state index in [1.165, 1.54) is 12.1 Å².